The number of phenols is 1. The summed E-state index contributed by atoms with van der Waals surface area (Å²) in [4.78, 5) is 0. The second-order valence-corrected chi connectivity index (χ2v) is 8.67. The molecule has 0 aliphatic rings. The maximum absolute atomic E-state index is 11.9. The molecule has 0 aliphatic carbocycles. The smallest absolute Gasteiger partial charge is 0.229 e. The van der Waals surface area contributed by atoms with Crippen LogP contribution in [0, 0.1) is 27.7 Å². The van der Waals surface area contributed by atoms with Gasteiger partial charge in [-0.1, -0.05) is 29.8 Å². The SMILES string of the molecule is Cc1ccc2c(-c3c(NS(C)(=O)=O)cc(C)c(C)c3C)c(O)ccc2c1. The first kappa shape index (κ1) is 18.3. The standard InChI is InChI=1S/C21H23NO3S/c1-12-6-8-17-16(10-12)7-9-19(23)21(17)20-15(4)14(3)13(2)11-18(20)22-26(5,24)25/h6-11,22-23H,1-5H3. The first-order valence-corrected chi connectivity index (χ1v) is 10.3. The molecule has 0 saturated heterocycles. The van der Waals surface area contributed by atoms with E-state index in [1.54, 1.807) is 6.07 Å². The van der Waals surface area contributed by atoms with E-state index in [0.717, 1.165) is 39.3 Å². The van der Waals surface area contributed by atoms with Gasteiger partial charge in [-0.15, -0.1) is 0 Å². The maximum atomic E-state index is 11.9. The number of benzene rings is 3. The summed E-state index contributed by atoms with van der Waals surface area (Å²) in [7, 11) is -3.46. The molecule has 136 valence electrons. The van der Waals surface area contributed by atoms with E-state index in [1.165, 1.54) is 0 Å². The molecule has 4 nitrogen and oxygen atoms in total. The van der Waals surface area contributed by atoms with E-state index in [2.05, 4.69) is 10.8 Å². The van der Waals surface area contributed by atoms with Gasteiger partial charge in [0.05, 0.1) is 11.9 Å². The predicted molar refractivity (Wildman–Crippen MR) is 108 cm³/mol. The summed E-state index contributed by atoms with van der Waals surface area (Å²) in [6, 6.07) is 11.4. The molecule has 3 aromatic carbocycles. The van der Waals surface area contributed by atoms with Gasteiger partial charge in [-0.05, 0) is 67.3 Å². The Bertz CT molecular complexity index is 1130. The molecule has 0 bridgehead atoms. The quantitative estimate of drug-likeness (QED) is 0.696. The van der Waals surface area contributed by atoms with Crippen molar-refractivity contribution < 1.29 is 13.5 Å². The van der Waals surface area contributed by atoms with Crippen molar-refractivity contribution in [2.75, 3.05) is 11.0 Å². The molecule has 0 amide bonds. The lowest BCUT2D eigenvalue weighted by molar-refractivity contribution is 0.478. The Kier molecular flexibility index (Phi) is 4.44. The highest BCUT2D eigenvalue weighted by atomic mass is 32.2. The highest BCUT2D eigenvalue weighted by Gasteiger charge is 2.20. The fourth-order valence-electron chi connectivity index (χ4n) is 3.39. The summed E-state index contributed by atoms with van der Waals surface area (Å²) in [5, 5.41) is 12.5. The first-order chi connectivity index (χ1) is 12.1. The summed E-state index contributed by atoms with van der Waals surface area (Å²) in [5.41, 5.74) is 5.98. The van der Waals surface area contributed by atoms with Crippen molar-refractivity contribution in [2.24, 2.45) is 0 Å². The third-order valence-electron chi connectivity index (χ3n) is 4.86. The number of fused-ring (bicyclic) bond motifs is 1. The number of aryl methyl sites for hydroxylation is 2. The van der Waals surface area contributed by atoms with Gasteiger partial charge in [0.25, 0.3) is 0 Å². The monoisotopic (exact) mass is 369 g/mol. The minimum absolute atomic E-state index is 0.129. The van der Waals surface area contributed by atoms with Gasteiger partial charge in [0.15, 0.2) is 0 Å². The van der Waals surface area contributed by atoms with Crippen LogP contribution in [0.15, 0.2) is 36.4 Å². The molecule has 3 aromatic rings. The van der Waals surface area contributed by atoms with E-state index in [0.29, 0.717) is 16.8 Å². The zero-order valence-electron chi connectivity index (χ0n) is 15.6. The first-order valence-electron chi connectivity index (χ1n) is 8.40. The van der Waals surface area contributed by atoms with Crippen LogP contribution >= 0.6 is 0 Å². The van der Waals surface area contributed by atoms with E-state index in [1.807, 2.05) is 52.0 Å². The normalized spacial score (nSPS) is 11.7. The topological polar surface area (TPSA) is 66.4 Å². The minimum Gasteiger partial charge on any atom is -0.507 e. The molecule has 0 aliphatic heterocycles. The van der Waals surface area contributed by atoms with Crippen molar-refractivity contribution in [1.82, 2.24) is 0 Å². The van der Waals surface area contributed by atoms with E-state index < -0.39 is 10.0 Å². The molecule has 3 rings (SSSR count). The van der Waals surface area contributed by atoms with Crippen molar-refractivity contribution in [3.05, 3.63) is 58.7 Å². The molecule has 5 heteroatoms. The van der Waals surface area contributed by atoms with Gasteiger partial charge in [0, 0.05) is 11.1 Å². The number of hydrogen-bond acceptors (Lipinski definition) is 3. The number of rotatable bonds is 3. The molecule has 0 heterocycles. The van der Waals surface area contributed by atoms with Crippen LogP contribution in [0.3, 0.4) is 0 Å². The van der Waals surface area contributed by atoms with Crippen molar-refractivity contribution in [1.29, 1.82) is 0 Å². The average Bonchev–Trinajstić information content (AvgIpc) is 2.53. The van der Waals surface area contributed by atoms with Crippen LogP contribution in [0.25, 0.3) is 21.9 Å². The Hall–Kier alpha value is -2.53. The largest absolute Gasteiger partial charge is 0.507 e. The third-order valence-corrected chi connectivity index (χ3v) is 5.45. The van der Waals surface area contributed by atoms with Gasteiger partial charge in [-0.3, -0.25) is 4.72 Å². The van der Waals surface area contributed by atoms with Crippen molar-refractivity contribution >= 4 is 26.5 Å². The summed E-state index contributed by atoms with van der Waals surface area (Å²) in [6.45, 7) is 7.93. The number of sulfonamides is 1. The lowest BCUT2D eigenvalue weighted by atomic mass is 9.89. The summed E-state index contributed by atoms with van der Waals surface area (Å²) < 4.78 is 26.4. The molecule has 0 saturated carbocycles. The fourth-order valence-corrected chi connectivity index (χ4v) is 3.95. The summed E-state index contributed by atoms with van der Waals surface area (Å²) in [5.74, 6) is 0.129. The van der Waals surface area contributed by atoms with Gasteiger partial charge in [-0.25, -0.2) is 8.42 Å². The van der Waals surface area contributed by atoms with Crippen molar-refractivity contribution in [3.63, 3.8) is 0 Å². The van der Waals surface area contributed by atoms with E-state index in [-0.39, 0.29) is 5.75 Å². The second kappa shape index (κ2) is 6.32. The van der Waals surface area contributed by atoms with E-state index in [4.69, 9.17) is 0 Å². The number of anilines is 1. The van der Waals surface area contributed by atoms with Gasteiger partial charge in [0.1, 0.15) is 5.75 Å². The van der Waals surface area contributed by atoms with Crippen LogP contribution in [0.2, 0.25) is 0 Å². The molecule has 0 aromatic heterocycles. The van der Waals surface area contributed by atoms with Gasteiger partial charge >= 0.3 is 0 Å². The summed E-state index contributed by atoms with van der Waals surface area (Å²) in [6.07, 6.45) is 1.13. The van der Waals surface area contributed by atoms with Gasteiger partial charge in [-0.2, -0.15) is 0 Å². The molecular formula is C21H23NO3S. The molecule has 0 radical (unpaired) electrons. The van der Waals surface area contributed by atoms with Crippen LogP contribution in [0.1, 0.15) is 22.3 Å². The highest BCUT2D eigenvalue weighted by Crippen LogP contribution is 2.43. The fraction of sp³-hybridized carbons (Fsp3) is 0.238. The van der Waals surface area contributed by atoms with Crippen LogP contribution < -0.4 is 4.72 Å². The van der Waals surface area contributed by atoms with E-state index in [9.17, 15) is 13.5 Å². The van der Waals surface area contributed by atoms with Crippen LogP contribution in [0.5, 0.6) is 5.75 Å². The molecule has 0 atom stereocenters. The lowest BCUT2D eigenvalue weighted by Gasteiger charge is -2.20. The van der Waals surface area contributed by atoms with Crippen molar-refractivity contribution in [2.45, 2.75) is 27.7 Å². The molecule has 26 heavy (non-hydrogen) atoms. The van der Waals surface area contributed by atoms with Crippen LogP contribution in [0.4, 0.5) is 5.69 Å². The highest BCUT2D eigenvalue weighted by molar-refractivity contribution is 7.92. The number of phenolic OH excluding ortho intramolecular Hbond substituents is 1. The molecule has 2 N–H and O–H groups in total. The zero-order chi connectivity index (χ0) is 19.2. The second-order valence-electron chi connectivity index (χ2n) is 6.92. The third kappa shape index (κ3) is 3.27. The molecular weight excluding hydrogens is 346 g/mol. The van der Waals surface area contributed by atoms with Gasteiger partial charge in [0.2, 0.25) is 10.0 Å². The summed E-state index contributed by atoms with van der Waals surface area (Å²) >= 11 is 0. The Morgan fingerprint density at radius 1 is 0.885 bits per heavy atom. The van der Waals surface area contributed by atoms with Crippen molar-refractivity contribution in [3.8, 4) is 16.9 Å². The Morgan fingerprint density at radius 2 is 1.58 bits per heavy atom. The Morgan fingerprint density at radius 3 is 2.23 bits per heavy atom. The molecule has 0 spiro atoms. The van der Waals surface area contributed by atoms with Crippen LogP contribution in [-0.2, 0) is 10.0 Å². The number of nitrogens with one attached hydrogen (secondary N) is 1. The average molecular weight is 369 g/mol. The molecule has 0 fully saturated rings. The predicted octanol–water partition coefficient (Wildman–Crippen LogP) is 4.82. The van der Waals surface area contributed by atoms with E-state index >= 15 is 0 Å². The van der Waals surface area contributed by atoms with Crippen LogP contribution in [-0.4, -0.2) is 19.8 Å². The minimum atomic E-state index is -3.46. The van der Waals surface area contributed by atoms with Gasteiger partial charge < -0.3 is 5.11 Å². The Labute approximate surface area is 154 Å². The zero-order valence-corrected chi connectivity index (χ0v) is 16.5. The molecule has 0 unspecified atom stereocenters. The lowest BCUT2D eigenvalue weighted by Crippen LogP contribution is -2.12. The number of aromatic hydroxyl groups is 1. The number of hydrogen-bond donors (Lipinski definition) is 2. The maximum Gasteiger partial charge on any atom is 0.229 e. The Balaban J connectivity index is 2.46.